The molecule has 4 nitrogen and oxygen atoms in total. The number of thiol groups is 1. The van der Waals surface area contributed by atoms with Gasteiger partial charge in [0.25, 0.3) is 0 Å². The lowest BCUT2D eigenvalue weighted by Crippen LogP contribution is -2.32. The van der Waals surface area contributed by atoms with Crippen molar-refractivity contribution in [2.75, 3.05) is 0 Å². The number of nitrogens with one attached hydrogen (secondary N) is 1. The van der Waals surface area contributed by atoms with Gasteiger partial charge in [-0.05, 0) is 29.7 Å². The van der Waals surface area contributed by atoms with Crippen LogP contribution >= 0.6 is 12.6 Å². The first-order valence-corrected chi connectivity index (χ1v) is 7.71. The second-order valence-electron chi connectivity index (χ2n) is 5.42. The Bertz CT molecular complexity index is 645. The van der Waals surface area contributed by atoms with Crippen LogP contribution in [0.1, 0.15) is 11.1 Å². The predicted molar refractivity (Wildman–Crippen MR) is 88.5 cm³/mol. The fraction of sp³-hybridized carbons (Fsp3) is 0.235. The van der Waals surface area contributed by atoms with Crippen LogP contribution < -0.4 is 5.32 Å². The summed E-state index contributed by atoms with van der Waals surface area (Å²) in [6.45, 7) is 0.549. The molecule has 1 aliphatic rings. The largest absolute Gasteiger partial charge is 0.508 e. The normalized spacial score (nSPS) is 21.3. The van der Waals surface area contributed by atoms with E-state index < -0.39 is 0 Å². The van der Waals surface area contributed by atoms with Crippen LogP contribution in [-0.2, 0) is 17.8 Å². The predicted octanol–water partition coefficient (Wildman–Crippen LogP) is 2.15. The number of rotatable bonds is 4. The molecule has 1 aliphatic heterocycles. The van der Waals surface area contributed by atoms with Crippen LogP contribution in [0.25, 0.3) is 0 Å². The summed E-state index contributed by atoms with van der Waals surface area (Å²) in [5.41, 5.74) is 1.81. The topological polar surface area (TPSA) is 52.6 Å². The molecule has 0 aromatic heterocycles. The lowest BCUT2D eigenvalue weighted by atomic mass is 10.1. The SMILES string of the molecule is O=C1C(Cc2ccc(O)cc2)NC(S)N1Cc1ccccc1. The zero-order valence-electron chi connectivity index (χ0n) is 12.0. The van der Waals surface area contributed by atoms with Crippen LogP contribution in [0.15, 0.2) is 54.6 Å². The number of amides is 1. The van der Waals surface area contributed by atoms with E-state index in [9.17, 15) is 9.90 Å². The van der Waals surface area contributed by atoms with Gasteiger partial charge in [0.15, 0.2) is 0 Å². The molecule has 114 valence electrons. The van der Waals surface area contributed by atoms with Gasteiger partial charge >= 0.3 is 0 Å². The molecule has 3 rings (SSSR count). The third kappa shape index (κ3) is 3.26. The summed E-state index contributed by atoms with van der Waals surface area (Å²) in [5.74, 6) is 0.282. The van der Waals surface area contributed by atoms with Crippen molar-refractivity contribution in [1.29, 1.82) is 0 Å². The number of hydrogen-bond donors (Lipinski definition) is 3. The molecule has 1 amide bonds. The third-order valence-corrected chi connectivity index (χ3v) is 4.23. The van der Waals surface area contributed by atoms with E-state index in [2.05, 4.69) is 17.9 Å². The van der Waals surface area contributed by atoms with Gasteiger partial charge in [-0.2, -0.15) is 0 Å². The summed E-state index contributed by atoms with van der Waals surface area (Å²) in [6, 6.07) is 16.5. The molecule has 0 saturated carbocycles. The average molecular weight is 314 g/mol. The maximum atomic E-state index is 12.6. The van der Waals surface area contributed by atoms with Crippen molar-refractivity contribution < 1.29 is 9.90 Å². The third-order valence-electron chi connectivity index (χ3n) is 3.80. The number of phenols is 1. The van der Waals surface area contributed by atoms with E-state index in [0.29, 0.717) is 13.0 Å². The highest BCUT2D eigenvalue weighted by Gasteiger charge is 2.36. The van der Waals surface area contributed by atoms with Gasteiger partial charge in [-0.1, -0.05) is 42.5 Å². The van der Waals surface area contributed by atoms with Gasteiger partial charge in [-0.15, -0.1) is 12.6 Å². The molecule has 2 aromatic rings. The molecule has 2 N–H and O–H groups in total. The summed E-state index contributed by atoms with van der Waals surface area (Å²) in [4.78, 5) is 14.3. The number of hydrogen-bond acceptors (Lipinski definition) is 4. The molecule has 1 heterocycles. The Hall–Kier alpha value is -1.98. The molecule has 2 aromatic carbocycles. The fourth-order valence-electron chi connectivity index (χ4n) is 2.62. The average Bonchev–Trinajstić information content (AvgIpc) is 2.78. The number of aromatic hydroxyl groups is 1. The van der Waals surface area contributed by atoms with Gasteiger partial charge in [0.05, 0.1) is 6.04 Å². The summed E-state index contributed by atoms with van der Waals surface area (Å²) in [6.07, 6.45) is 0.585. The number of carbonyl (C=O) groups is 1. The Morgan fingerprint density at radius 2 is 1.73 bits per heavy atom. The van der Waals surface area contributed by atoms with E-state index in [1.54, 1.807) is 17.0 Å². The highest BCUT2D eigenvalue weighted by molar-refractivity contribution is 7.80. The molecule has 0 radical (unpaired) electrons. The Balaban J connectivity index is 1.68. The van der Waals surface area contributed by atoms with Crippen molar-refractivity contribution in [2.24, 2.45) is 0 Å². The summed E-state index contributed by atoms with van der Waals surface area (Å²) >= 11 is 4.47. The number of benzene rings is 2. The molecule has 0 spiro atoms. The van der Waals surface area contributed by atoms with E-state index in [4.69, 9.17) is 0 Å². The number of carbonyl (C=O) groups excluding carboxylic acids is 1. The second-order valence-corrected chi connectivity index (χ2v) is 5.90. The fourth-order valence-corrected chi connectivity index (χ4v) is 3.00. The lowest BCUT2D eigenvalue weighted by Gasteiger charge is -2.20. The summed E-state index contributed by atoms with van der Waals surface area (Å²) in [7, 11) is 0. The van der Waals surface area contributed by atoms with Crippen LogP contribution in [-0.4, -0.2) is 27.5 Å². The maximum absolute atomic E-state index is 12.6. The van der Waals surface area contributed by atoms with Crippen LogP contribution in [0.3, 0.4) is 0 Å². The minimum absolute atomic E-state index is 0.0527. The zero-order valence-corrected chi connectivity index (χ0v) is 12.9. The number of phenolic OH excluding ortho intramolecular Hbond substituents is 1. The van der Waals surface area contributed by atoms with E-state index >= 15 is 0 Å². The van der Waals surface area contributed by atoms with E-state index in [1.165, 1.54) is 0 Å². The van der Waals surface area contributed by atoms with Crippen LogP contribution in [0.4, 0.5) is 0 Å². The molecule has 2 unspecified atom stereocenters. The minimum atomic E-state index is -0.283. The van der Waals surface area contributed by atoms with Crippen molar-refractivity contribution in [3.63, 3.8) is 0 Å². The Kier molecular flexibility index (Phi) is 4.36. The highest BCUT2D eigenvalue weighted by Crippen LogP contribution is 2.20. The maximum Gasteiger partial charge on any atom is 0.242 e. The smallest absolute Gasteiger partial charge is 0.242 e. The second kappa shape index (κ2) is 6.42. The van der Waals surface area contributed by atoms with E-state index in [-0.39, 0.29) is 23.2 Å². The molecule has 2 atom stereocenters. The van der Waals surface area contributed by atoms with Gasteiger partial charge in [0.1, 0.15) is 11.2 Å². The quantitative estimate of drug-likeness (QED) is 0.758. The zero-order chi connectivity index (χ0) is 15.5. The molecule has 1 fully saturated rings. The molecule has 0 bridgehead atoms. The van der Waals surface area contributed by atoms with Crippen LogP contribution in [0.2, 0.25) is 0 Å². The Labute approximate surface area is 135 Å². The van der Waals surface area contributed by atoms with Gasteiger partial charge in [0.2, 0.25) is 5.91 Å². The van der Waals surface area contributed by atoms with Gasteiger partial charge in [-0.3, -0.25) is 10.1 Å². The highest BCUT2D eigenvalue weighted by atomic mass is 32.1. The monoisotopic (exact) mass is 314 g/mol. The standard InChI is InChI=1S/C17H18N2O2S/c20-14-8-6-12(7-9-14)10-15-16(21)19(17(22)18-15)11-13-4-2-1-3-5-13/h1-9,15,17-18,20,22H,10-11H2. The Morgan fingerprint density at radius 3 is 2.41 bits per heavy atom. The molecule has 5 heteroatoms. The molecule has 0 aliphatic carbocycles. The van der Waals surface area contributed by atoms with Crippen molar-refractivity contribution in [3.8, 4) is 5.75 Å². The van der Waals surface area contributed by atoms with Crippen molar-refractivity contribution in [3.05, 3.63) is 65.7 Å². The van der Waals surface area contributed by atoms with Crippen LogP contribution in [0, 0.1) is 0 Å². The summed E-state index contributed by atoms with van der Waals surface area (Å²) < 4.78 is 0. The van der Waals surface area contributed by atoms with Crippen LogP contribution in [0.5, 0.6) is 5.75 Å². The first-order valence-electron chi connectivity index (χ1n) is 7.20. The van der Waals surface area contributed by atoms with Crippen molar-refractivity contribution >= 4 is 18.5 Å². The van der Waals surface area contributed by atoms with E-state index in [0.717, 1.165) is 11.1 Å². The minimum Gasteiger partial charge on any atom is -0.508 e. The summed E-state index contributed by atoms with van der Waals surface area (Å²) in [5, 5.41) is 12.5. The molecular formula is C17H18N2O2S. The van der Waals surface area contributed by atoms with Crippen molar-refractivity contribution in [2.45, 2.75) is 24.5 Å². The van der Waals surface area contributed by atoms with Gasteiger partial charge < -0.3 is 10.0 Å². The lowest BCUT2D eigenvalue weighted by molar-refractivity contribution is -0.129. The Morgan fingerprint density at radius 1 is 1.05 bits per heavy atom. The molecule has 1 saturated heterocycles. The number of nitrogens with zero attached hydrogens (tertiary/aromatic N) is 1. The van der Waals surface area contributed by atoms with E-state index in [1.807, 2.05) is 42.5 Å². The first kappa shape index (κ1) is 14.9. The first-order chi connectivity index (χ1) is 10.6. The van der Waals surface area contributed by atoms with Gasteiger partial charge in [-0.25, -0.2) is 0 Å². The van der Waals surface area contributed by atoms with Crippen molar-refractivity contribution in [1.82, 2.24) is 10.2 Å². The molecule has 22 heavy (non-hydrogen) atoms. The van der Waals surface area contributed by atoms with Gasteiger partial charge in [0, 0.05) is 6.54 Å². The molecular weight excluding hydrogens is 296 g/mol.